The monoisotopic (exact) mass is 200 g/mol. The molecule has 0 aliphatic rings. The second-order valence-corrected chi connectivity index (χ2v) is 4.51. The van der Waals surface area contributed by atoms with E-state index in [1.165, 1.54) is 25.7 Å². The predicted molar refractivity (Wildman–Crippen MR) is 63.5 cm³/mol. The van der Waals surface area contributed by atoms with Gasteiger partial charge in [-0.2, -0.15) is 0 Å². The molecule has 0 amide bonds. The quantitative estimate of drug-likeness (QED) is 0.624. The highest BCUT2D eigenvalue weighted by Gasteiger charge is 2.21. The van der Waals surface area contributed by atoms with E-state index in [9.17, 15) is 5.11 Å². The summed E-state index contributed by atoms with van der Waals surface area (Å²) >= 11 is 0. The van der Waals surface area contributed by atoms with E-state index in [0.29, 0.717) is 0 Å². The average molecular weight is 200 g/mol. The van der Waals surface area contributed by atoms with E-state index in [1.54, 1.807) is 0 Å². The Morgan fingerprint density at radius 1 is 1.00 bits per heavy atom. The molecule has 1 N–H and O–H groups in total. The van der Waals surface area contributed by atoms with Gasteiger partial charge in [0.05, 0.1) is 5.60 Å². The number of hydrogen-bond acceptors (Lipinski definition) is 1. The lowest BCUT2D eigenvalue weighted by Crippen LogP contribution is -2.26. The van der Waals surface area contributed by atoms with Crippen LogP contribution in [0.4, 0.5) is 0 Å². The first-order valence-corrected chi connectivity index (χ1v) is 6.34. The molecule has 0 radical (unpaired) electrons. The summed E-state index contributed by atoms with van der Waals surface area (Å²) in [7, 11) is 0. The fraction of sp³-hybridized carbons (Fsp3) is 1.00. The van der Waals surface area contributed by atoms with Crippen molar-refractivity contribution in [3.63, 3.8) is 0 Å². The van der Waals surface area contributed by atoms with Crippen molar-refractivity contribution in [1.82, 2.24) is 0 Å². The van der Waals surface area contributed by atoms with Crippen molar-refractivity contribution >= 4 is 0 Å². The second kappa shape index (κ2) is 7.28. The molecule has 0 heterocycles. The Balaban J connectivity index is 3.70. The van der Waals surface area contributed by atoms with Crippen LogP contribution in [0.25, 0.3) is 0 Å². The van der Waals surface area contributed by atoms with Crippen LogP contribution in [0.3, 0.4) is 0 Å². The zero-order valence-corrected chi connectivity index (χ0v) is 10.5. The average Bonchev–Trinajstić information content (AvgIpc) is 2.24. The van der Waals surface area contributed by atoms with Gasteiger partial charge in [0.25, 0.3) is 0 Å². The number of aliphatic hydroxyl groups is 1. The molecule has 0 saturated carbocycles. The van der Waals surface area contributed by atoms with E-state index in [1.807, 2.05) is 0 Å². The third-order valence-corrected chi connectivity index (χ3v) is 3.73. The van der Waals surface area contributed by atoms with Gasteiger partial charge in [-0.1, -0.05) is 53.4 Å². The van der Waals surface area contributed by atoms with Crippen LogP contribution in [-0.4, -0.2) is 10.7 Å². The minimum atomic E-state index is -0.383. The highest BCUT2D eigenvalue weighted by Crippen LogP contribution is 2.24. The molecular weight excluding hydrogens is 172 g/mol. The van der Waals surface area contributed by atoms with Gasteiger partial charge in [-0.05, 0) is 25.2 Å². The summed E-state index contributed by atoms with van der Waals surface area (Å²) in [6.45, 7) is 8.70. The van der Waals surface area contributed by atoms with E-state index in [-0.39, 0.29) is 5.60 Å². The number of hydrogen-bond donors (Lipinski definition) is 1. The second-order valence-electron chi connectivity index (χ2n) is 4.51. The van der Waals surface area contributed by atoms with Crippen LogP contribution < -0.4 is 0 Å². The summed E-state index contributed by atoms with van der Waals surface area (Å²) < 4.78 is 0. The van der Waals surface area contributed by atoms with Crippen molar-refractivity contribution in [1.29, 1.82) is 0 Å². The van der Waals surface area contributed by atoms with Gasteiger partial charge in [-0.15, -0.1) is 0 Å². The maximum absolute atomic E-state index is 10.1. The predicted octanol–water partition coefficient (Wildman–Crippen LogP) is 4.14. The van der Waals surface area contributed by atoms with Crippen LogP contribution in [0.2, 0.25) is 0 Å². The van der Waals surface area contributed by atoms with Crippen LogP contribution in [0.5, 0.6) is 0 Å². The van der Waals surface area contributed by atoms with Crippen molar-refractivity contribution in [2.45, 2.75) is 78.2 Å². The number of rotatable bonds is 8. The Hall–Kier alpha value is -0.0400. The molecule has 0 atom stereocenters. The summed E-state index contributed by atoms with van der Waals surface area (Å²) in [6.07, 6.45) is 7.82. The van der Waals surface area contributed by atoms with Gasteiger partial charge in [-0.25, -0.2) is 0 Å². The highest BCUT2D eigenvalue weighted by atomic mass is 16.3. The lowest BCUT2D eigenvalue weighted by Gasteiger charge is -2.25. The molecule has 14 heavy (non-hydrogen) atoms. The molecule has 0 aromatic rings. The van der Waals surface area contributed by atoms with Crippen LogP contribution in [-0.2, 0) is 0 Å². The molecule has 0 aromatic heterocycles. The lowest BCUT2D eigenvalue weighted by atomic mass is 9.88. The van der Waals surface area contributed by atoms with Crippen LogP contribution >= 0.6 is 0 Å². The normalized spacial score (nSPS) is 12.4. The van der Waals surface area contributed by atoms with Crippen LogP contribution in [0.1, 0.15) is 72.6 Å². The first kappa shape index (κ1) is 14.0. The summed E-state index contributed by atoms with van der Waals surface area (Å²) in [6, 6.07) is 0. The smallest absolute Gasteiger partial charge is 0.0642 e. The molecule has 0 saturated heterocycles. The topological polar surface area (TPSA) is 20.2 Å². The fourth-order valence-electron chi connectivity index (χ4n) is 2.02. The Kier molecular flexibility index (Phi) is 7.26. The van der Waals surface area contributed by atoms with E-state index in [2.05, 4.69) is 27.7 Å². The maximum atomic E-state index is 10.1. The Bertz CT molecular complexity index is 123. The van der Waals surface area contributed by atoms with E-state index in [4.69, 9.17) is 0 Å². The molecule has 1 heteroatoms. The molecule has 0 rings (SSSR count). The fourth-order valence-corrected chi connectivity index (χ4v) is 2.02. The van der Waals surface area contributed by atoms with Gasteiger partial charge in [0.2, 0.25) is 0 Å². The molecule has 86 valence electrons. The minimum Gasteiger partial charge on any atom is -0.390 e. The zero-order valence-electron chi connectivity index (χ0n) is 10.5. The molecule has 1 nitrogen and oxygen atoms in total. The summed E-state index contributed by atoms with van der Waals surface area (Å²) in [5.41, 5.74) is -0.383. The third kappa shape index (κ3) is 4.99. The van der Waals surface area contributed by atoms with Gasteiger partial charge in [0.1, 0.15) is 0 Å². The van der Waals surface area contributed by atoms with Gasteiger partial charge in [-0.3, -0.25) is 0 Å². The van der Waals surface area contributed by atoms with Crippen molar-refractivity contribution in [3.8, 4) is 0 Å². The zero-order chi connectivity index (χ0) is 11.0. The van der Waals surface area contributed by atoms with Crippen LogP contribution in [0.15, 0.2) is 0 Å². The van der Waals surface area contributed by atoms with Crippen molar-refractivity contribution in [2.24, 2.45) is 5.92 Å². The molecule has 0 aliphatic heterocycles. The molecule has 0 aromatic carbocycles. The molecule has 0 bridgehead atoms. The molecule has 0 unspecified atom stereocenters. The largest absolute Gasteiger partial charge is 0.390 e. The van der Waals surface area contributed by atoms with E-state index in [0.717, 1.165) is 25.2 Å². The maximum Gasteiger partial charge on any atom is 0.0642 e. The van der Waals surface area contributed by atoms with Gasteiger partial charge >= 0.3 is 0 Å². The highest BCUT2D eigenvalue weighted by molar-refractivity contribution is 4.74. The Labute approximate surface area is 89.9 Å². The van der Waals surface area contributed by atoms with Gasteiger partial charge in [0, 0.05) is 0 Å². The van der Waals surface area contributed by atoms with E-state index < -0.39 is 0 Å². The van der Waals surface area contributed by atoms with Crippen molar-refractivity contribution in [2.75, 3.05) is 0 Å². The molecule has 0 spiro atoms. The Morgan fingerprint density at radius 3 is 1.86 bits per heavy atom. The summed E-state index contributed by atoms with van der Waals surface area (Å²) in [5, 5.41) is 10.1. The molecule has 0 fully saturated rings. The lowest BCUT2D eigenvalue weighted by molar-refractivity contribution is 0.0201. The van der Waals surface area contributed by atoms with Gasteiger partial charge in [0.15, 0.2) is 0 Å². The van der Waals surface area contributed by atoms with Crippen molar-refractivity contribution < 1.29 is 5.11 Å². The van der Waals surface area contributed by atoms with Crippen molar-refractivity contribution in [3.05, 3.63) is 0 Å². The SMILES string of the molecule is CCC(CC)CCCC(O)(CC)CC. The standard InChI is InChI=1S/C13H28O/c1-5-12(6-2)10-9-11-13(14,7-3)8-4/h12,14H,5-11H2,1-4H3. The molecule has 0 aliphatic carbocycles. The van der Waals surface area contributed by atoms with E-state index >= 15 is 0 Å². The third-order valence-electron chi connectivity index (χ3n) is 3.73. The molecular formula is C13H28O. The summed E-state index contributed by atoms with van der Waals surface area (Å²) in [4.78, 5) is 0. The Morgan fingerprint density at radius 2 is 1.50 bits per heavy atom. The minimum absolute atomic E-state index is 0.383. The first-order chi connectivity index (χ1) is 6.61. The first-order valence-electron chi connectivity index (χ1n) is 6.34. The summed E-state index contributed by atoms with van der Waals surface area (Å²) in [5.74, 6) is 0.868. The van der Waals surface area contributed by atoms with Gasteiger partial charge < -0.3 is 5.11 Å². The van der Waals surface area contributed by atoms with Crippen LogP contribution in [0, 0.1) is 5.92 Å².